The number of hydrogen-bond donors (Lipinski definition) is 1. The number of carbonyl (C=O) groups is 1. The van der Waals surface area contributed by atoms with Gasteiger partial charge in [0.25, 0.3) is 10.0 Å². The Balaban J connectivity index is 1.92. The van der Waals surface area contributed by atoms with E-state index in [1.807, 2.05) is 24.3 Å². The molecule has 1 N–H and O–H groups in total. The van der Waals surface area contributed by atoms with Crippen LogP contribution in [0.2, 0.25) is 10.0 Å². The summed E-state index contributed by atoms with van der Waals surface area (Å²) >= 11 is 12.1. The number of hydrogen-bond acceptors (Lipinski definition) is 4. The van der Waals surface area contributed by atoms with E-state index in [1.54, 1.807) is 25.3 Å². The monoisotopic (exact) mass is 534 g/mol. The van der Waals surface area contributed by atoms with Crippen molar-refractivity contribution in [3.63, 3.8) is 0 Å². The second-order valence-electron chi connectivity index (χ2n) is 8.47. The minimum atomic E-state index is -4.08. The number of nitrogens with one attached hydrogen (secondary N) is 1. The summed E-state index contributed by atoms with van der Waals surface area (Å²) in [5.74, 6) is 0.567. The molecular formula is C26H28Cl2N2O4S. The third-order valence-electron chi connectivity index (χ3n) is 5.35. The van der Waals surface area contributed by atoms with Crippen LogP contribution in [0.5, 0.6) is 5.75 Å². The van der Waals surface area contributed by atoms with Crippen LogP contribution in [0.1, 0.15) is 31.9 Å². The highest BCUT2D eigenvalue weighted by molar-refractivity contribution is 7.92. The first kappa shape index (κ1) is 26.9. The van der Waals surface area contributed by atoms with E-state index in [9.17, 15) is 13.2 Å². The predicted molar refractivity (Wildman–Crippen MR) is 141 cm³/mol. The van der Waals surface area contributed by atoms with Gasteiger partial charge in [-0.25, -0.2) is 8.42 Å². The summed E-state index contributed by atoms with van der Waals surface area (Å²) in [6.07, 6.45) is 0.680. The van der Waals surface area contributed by atoms with Crippen LogP contribution < -0.4 is 14.4 Å². The van der Waals surface area contributed by atoms with Crippen LogP contribution in [0.4, 0.5) is 5.69 Å². The fraction of sp³-hybridized carbons (Fsp3) is 0.269. The normalized spacial score (nSPS) is 12.3. The smallest absolute Gasteiger partial charge is 0.264 e. The first-order valence-electron chi connectivity index (χ1n) is 11.1. The summed E-state index contributed by atoms with van der Waals surface area (Å²) in [6.45, 7) is 3.70. The Kier molecular flexibility index (Phi) is 9.05. The van der Waals surface area contributed by atoms with Gasteiger partial charge >= 0.3 is 0 Å². The van der Waals surface area contributed by atoms with Crippen molar-refractivity contribution in [3.05, 3.63) is 88.4 Å². The van der Waals surface area contributed by atoms with Crippen molar-refractivity contribution in [1.29, 1.82) is 0 Å². The van der Waals surface area contributed by atoms with Gasteiger partial charge in [-0.1, -0.05) is 55.2 Å². The van der Waals surface area contributed by atoms with Crippen molar-refractivity contribution in [2.24, 2.45) is 5.92 Å². The molecule has 0 saturated carbocycles. The quantitative estimate of drug-likeness (QED) is 0.340. The highest BCUT2D eigenvalue weighted by atomic mass is 35.5. The molecule has 6 nitrogen and oxygen atoms in total. The fourth-order valence-corrected chi connectivity index (χ4v) is 5.36. The van der Waals surface area contributed by atoms with Crippen molar-refractivity contribution in [3.8, 4) is 5.75 Å². The zero-order chi connectivity index (χ0) is 25.6. The van der Waals surface area contributed by atoms with Crippen LogP contribution in [0.15, 0.2) is 77.7 Å². The first-order valence-corrected chi connectivity index (χ1v) is 13.3. The van der Waals surface area contributed by atoms with Crippen LogP contribution in [0.25, 0.3) is 0 Å². The van der Waals surface area contributed by atoms with E-state index in [0.717, 1.165) is 9.87 Å². The lowest BCUT2D eigenvalue weighted by Gasteiger charge is -2.27. The molecule has 0 aliphatic heterocycles. The number of rotatable bonds is 10. The largest absolute Gasteiger partial charge is 0.497 e. The van der Waals surface area contributed by atoms with Gasteiger partial charge in [-0.3, -0.25) is 9.10 Å². The molecule has 1 atom stereocenters. The van der Waals surface area contributed by atoms with E-state index in [2.05, 4.69) is 19.2 Å². The lowest BCUT2D eigenvalue weighted by atomic mass is 9.97. The number of halogens is 2. The molecule has 0 radical (unpaired) electrons. The second-order valence-corrected chi connectivity index (χ2v) is 11.2. The number of carbonyl (C=O) groups excluding carboxylic acids is 1. The highest BCUT2D eigenvalue weighted by Crippen LogP contribution is 2.28. The topological polar surface area (TPSA) is 75.7 Å². The Morgan fingerprint density at radius 1 is 0.971 bits per heavy atom. The Hall–Kier alpha value is -2.74. The SMILES string of the molecule is COc1ccc([C@@H](CC(C)C)NC(=O)CN(c2cccc(Cl)c2)S(=O)(=O)c2ccc(Cl)cc2)cc1. The number of methoxy groups -OCH3 is 1. The Morgan fingerprint density at radius 3 is 2.20 bits per heavy atom. The molecule has 0 spiro atoms. The molecule has 0 aromatic heterocycles. The van der Waals surface area contributed by atoms with Crippen LogP contribution >= 0.6 is 23.2 Å². The van der Waals surface area contributed by atoms with E-state index in [4.69, 9.17) is 27.9 Å². The average Bonchev–Trinajstić information content (AvgIpc) is 2.82. The molecule has 3 rings (SSSR count). The number of ether oxygens (including phenoxy) is 1. The number of benzene rings is 3. The Labute approximate surface area is 216 Å². The van der Waals surface area contributed by atoms with Gasteiger partial charge in [0.2, 0.25) is 5.91 Å². The van der Waals surface area contributed by atoms with Gasteiger partial charge in [0.1, 0.15) is 12.3 Å². The zero-order valence-corrected chi connectivity index (χ0v) is 22.1. The summed E-state index contributed by atoms with van der Waals surface area (Å²) in [5.41, 5.74) is 1.19. The molecule has 1 amide bonds. The van der Waals surface area contributed by atoms with Gasteiger partial charge in [-0.2, -0.15) is 0 Å². The number of nitrogens with zero attached hydrogens (tertiary/aromatic N) is 1. The van der Waals surface area contributed by atoms with Crippen molar-refractivity contribution in [2.45, 2.75) is 31.2 Å². The third kappa shape index (κ3) is 7.13. The van der Waals surface area contributed by atoms with Crippen molar-refractivity contribution in [1.82, 2.24) is 5.32 Å². The van der Waals surface area contributed by atoms with E-state index in [1.165, 1.54) is 30.3 Å². The molecule has 35 heavy (non-hydrogen) atoms. The molecule has 3 aromatic rings. The summed E-state index contributed by atoms with van der Waals surface area (Å²) in [4.78, 5) is 13.3. The number of anilines is 1. The van der Waals surface area contributed by atoms with Crippen LogP contribution in [-0.2, 0) is 14.8 Å². The van der Waals surface area contributed by atoms with E-state index >= 15 is 0 Å². The van der Waals surface area contributed by atoms with Crippen molar-refractivity contribution >= 4 is 44.8 Å². The van der Waals surface area contributed by atoms with Gasteiger partial charge in [0.05, 0.1) is 23.7 Å². The molecule has 3 aromatic carbocycles. The lowest BCUT2D eigenvalue weighted by Crippen LogP contribution is -2.42. The van der Waals surface area contributed by atoms with E-state index in [0.29, 0.717) is 28.1 Å². The molecule has 186 valence electrons. The van der Waals surface area contributed by atoms with Crippen molar-refractivity contribution in [2.75, 3.05) is 18.0 Å². The van der Waals surface area contributed by atoms with Gasteiger partial charge in [-0.05, 0) is 72.5 Å². The second kappa shape index (κ2) is 11.8. The van der Waals surface area contributed by atoms with Crippen LogP contribution in [0, 0.1) is 5.92 Å². The van der Waals surface area contributed by atoms with Gasteiger partial charge in [0.15, 0.2) is 0 Å². The molecule has 0 fully saturated rings. The van der Waals surface area contributed by atoms with Crippen molar-refractivity contribution < 1.29 is 17.9 Å². The molecular weight excluding hydrogens is 507 g/mol. The summed E-state index contributed by atoms with van der Waals surface area (Å²) in [6, 6.07) is 19.3. The van der Waals surface area contributed by atoms with Gasteiger partial charge < -0.3 is 10.1 Å². The molecule has 9 heteroatoms. The fourth-order valence-electron chi connectivity index (χ4n) is 3.64. The standard InChI is InChI=1S/C26H28Cl2N2O4S/c1-18(2)15-25(19-7-11-23(34-3)12-8-19)29-26(31)17-30(22-6-4-5-21(28)16-22)35(32,33)24-13-9-20(27)10-14-24/h4-14,16,18,25H,15,17H2,1-3H3,(H,29,31)/t25-/m1/s1. The number of amides is 1. The van der Waals surface area contributed by atoms with E-state index < -0.39 is 22.5 Å². The van der Waals surface area contributed by atoms with Crippen LogP contribution in [0.3, 0.4) is 0 Å². The zero-order valence-electron chi connectivity index (χ0n) is 19.7. The lowest BCUT2D eigenvalue weighted by molar-refractivity contribution is -0.120. The Bertz CT molecular complexity index is 1250. The molecule has 0 bridgehead atoms. The average molecular weight is 535 g/mol. The highest BCUT2D eigenvalue weighted by Gasteiger charge is 2.28. The maximum absolute atomic E-state index is 13.5. The predicted octanol–water partition coefficient (Wildman–Crippen LogP) is 6.10. The van der Waals surface area contributed by atoms with Gasteiger partial charge in [-0.15, -0.1) is 0 Å². The van der Waals surface area contributed by atoms with Gasteiger partial charge in [0, 0.05) is 10.0 Å². The summed E-state index contributed by atoms with van der Waals surface area (Å²) in [5, 5.41) is 3.78. The molecule has 0 unspecified atom stereocenters. The Morgan fingerprint density at radius 2 is 1.63 bits per heavy atom. The third-order valence-corrected chi connectivity index (χ3v) is 7.62. The molecule has 0 saturated heterocycles. The first-order chi connectivity index (χ1) is 16.6. The minimum absolute atomic E-state index is 0.0172. The summed E-state index contributed by atoms with van der Waals surface area (Å²) in [7, 11) is -2.49. The number of sulfonamides is 1. The molecule has 0 aliphatic carbocycles. The maximum Gasteiger partial charge on any atom is 0.264 e. The summed E-state index contributed by atoms with van der Waals surface area (Å²) < 4.78 is 33.4. The maximum atomic E-state index is 13.5. The molecule has 0 heterocycles. The van der Waals surface area contributed by atoms with E-state index in [-0.39, 0.29) is 16.6 Å². The molecule has 0 aliphatic rings. The minimum Gasteiger partial charge on any atom is -0.497 e. The van der Waals surface area contributed by atoms with Crippen LogP contribution in [-0.4, -0.2) is 28.0 Å².